The zero-order valence-electron chi connectivity index (χ0n) is 18.0. The van der Waals surface area contributed by atoms with Crippen LogP contribution in [0.15, 0.2) is 12.2 Å². The topological polar surface area (TPSA) is 83.8 Å². The SMILES string of the molecule is CCCCCCCCC=CCC(O)C(CCCCC)OC(=O)CCCC(=O)O. The van der Waals surface area contributed by atoms with E-state index in [0.29, 0.717) is 12.8 Å². The maximum atomic E-state index is 12.0. The summed E-state index contributed by atoms with van der Waals surface area (Å²) in [6.07, 6.45) is 16.0. The van der Waals surface area contributed by atoms with Gasteiger partial charge in [-0.05, 0) is 38.5 Å². The number of ether oxygens (including phenoxy) is 1. The van der Waals surface area contributed by atoms with Crippen molar-refractivity contribution in [2.24, 2.45) is 0 Å². The Bertz CT molecular complexity index is 419. The smallest absolute Gasteiger partial charge is 0.306 e. The van der Waals surface area contributed by atoms with Gasteiger partial charge < -0.3 is 14.9 Å². The molecule has 0 radical (unpaired) electrons. The number of hydrogen-bond acceptors (Lipinski definition) is 4. The Hall–Kier alpha value is -1.36. The maximum Gasteiger partial charge on any atom is 0.306 e. The number of rotatable bonds is 19. The second-order valence-corrected chi connectivity index (χ2v) is 7.60. The number of carboxylic acid groups (broad SMARTS) is 1. The summed E-state index contributed by atoms with van der Waals surface area (Å²) in [7, 11) is 0. The van der Waals surface area contributed by atoms with E-state index in [1.165, 1.54) is 38.5 Å². The number of carbonyl (C=O) groups excluding carboxylic acids is 1. The minimum atomic E-state index is -0.914. The van der Waals surface area contributed by atoms with Gasteiger partial charge in [0.15, 0.2) is 0 Å². The normalized spacial score (nSPS) is 13.5. The zero-order chi connectivity index (χ0) is 21.0. The van der Waals surface area contributed by atoms with Gasteiger partial charge in [0.25, 0.3) is 0 Å². The van der Waals surface area contributed by atoms with Crippen molar-refractivity contribution in [1.29, 1.82) is 0 Å². The van der Waals surface area contributed by atoms with Gasteiger partial charge in [0.1, 0.15) is 6.10 Å². The first-order chi connectivity index (χ1) is 13.5. The van der Waals surface area contributed by atoms with Gasteiger partial charge in [-0.1, -0.05) is 70.9 Å². The Morgan fingerprint density at radius 1 is 0.857 bits per heavy atom. The summed E-state index contributed by atoms with van der Waals surface area (Å²) < 4.78 is 5.46. The third-order valence-corrected chi connectivity index (χ3v) is 4.84. The molecule has 0 fully saturated rings. The molecule has 0 rings (SSSR count). The summed E-state index contributed by atoms with van der Waals surface area (Å²) in [6.45, 7) is 4.32. The number of allylic oxidation sites excluding steroid dienone is 1. The van der Waals surface area contributed by atoms with Gasteiger partial charge in [-0.2, -0.15) is 0 Å². The molecule has 0 aliphatic heterocycles. The average molecular weight is 399 g/mol. The second kappa shape index (κ2) is 19.0. The third kappa shape index (κ3) is 16.8. The standard InChI is InChI=1S/C23H42O5/c1-3-5-7-8-9-10-11-12-14-16-20(24)21(17-13-6-4-2)28-23(27)19-15-18-22(25)26/h12,14,20-21,24H,3-11,13,15-19H2,1-2H3,(H,25,26). The molecule has 2 unspecified atom stereocenters. The van der Waals surface area contributed by atoms with E-state index in [1.807, 2.05) is 6.08 Å². The summed E-state index contributed by atoms with van der Waals surface area (Å²) in [5.41, 5.74) is 0. The van der Waals surface area contributed by atoms with Crippen molar-refractivity contribution < 1.29 is 24.5 Å². The monoisotopic (exact) mass is 398 g/mol. The molecule has 164 valence electrons. The van der Waals surface area contributed by atoms with Crippen LogP contribution < -0.4 is 0 Å². The van der Waals surface area contributed by atoms with Gasteiger partial charge >= 0.3 is 11.9 Å². The number of unbranched alkanes of at least 4 members (excludes halogenated alkanes) is 8. The lowest BCUT2D eigenvalue weighted by Gasteiger charge is -2.22. The van der Waals surface area contributed by atoms with E-state index in [0.717, 1.165) is 25.7 Å². The maximum absolute atomic E-state index is 12.0. The first kappa shape index (κ1) is 26.6. The molecule has 28 heavy (non-hydrogen) atoms. The van der Waals surface area contributed by atoms with E-state index in [2.05, 4.69) is 19.9 Å². The molecular formula is C23H42O5. The van der Waals surface area contributed by atoms with Crippen LogP contribution in [0, 0.1) is 0 Å². The number of esters is 1. The molecule has 0 aromatic carbocycles. The Labute approximate surface area is 171 Å². The average Bonchev–Trinajstić information content (AvgIpc) is 2.65. The largest absolute Gasteiger partial charge is 0.481 e. The Morgan fingerprint density at radius 3 is 2.18 bits per heavy atom. The molecule has 0 saturated heterocycles. The van der Waals surface area contributed by atoms with Crippen molar-refractivity contribution in [3.8, 4) is 0 Å². The van der Waals surface area contributed by atoms with Gasteiger partial charge in [-0.3, -0.25) is 9.59 Å². The number of aliphatic hydroxyl groups excluding tert-OH is 1. The third-order valence-electron chi connectivity index (χ3n) is 4.84. The van der Waals surface area contributed by atoms with Gasteiger partial charge in [-0.15, -0.1) is 0 Å². The van der Waals surface area contributed by atoms with Gasteiger partial charge in [-0.25, -0.2) is 0 Å². The van der Waals surface area contributed by atoms with E-state index in [1.54, 1.807) is 0 Å². The number of carboxylic acids is 1. The van der Waals surface area contributed by atoms with Crippen molar-refractivity contribution >= 4 is 11.9 Å². The molecule has 0 aliphatic carbocycles. The van der Waals surface area contributed by atoms with Crippen LogP contribution in [0.3, 0.4) is 0 Å². The molecule has 5 heteroatoms. The van der Waals surface area contributed by atoms with Crippen molar-refractivity contribution in [2.45, 2.75) is 122 Å². The lowest BCUT2D eigenvalue weighted by molar-refractivity contribution is -0.155. The fraction of sp³-hybridized carbons (Fsp3) is 0.826. The van der Waals surface area contributed by atoms with Crippen LogP contribution in [-0.2, 0) is 14.3 Å². The van der Waals surface area contributed by atoms with Crippen LogP contribution in [0.2, 0.25) is 0 Å². The highest BCUT2D eigenvalue weighted by atomic mass is 16.6. The van der Waals surface area contributed by atoms with Crippen LogP contribution in [0.5, 0.6) is 0 Å². The van der Waals surface area contributed by atoms with Crippen molar-refractivity contribution in [2.75, 3.05) is 0 Å². The predicted octanol–water partition coefficient (Wildman–Crippen LogP) is 5.79. The molecule has 0 heterocycles. The van der Waals surface area contributed by atoms with Crippen molar-refractivity contribution in [1.82, 2.24) is 0 Å². The summed E-state index contributed by atoms with van der Waals surface area (Å²) in [5, 5.41) is 19.1. The van der Waals surface area contributed by atoms with E-state index >= 15 is 0 Å². The number of aliphatic hydroxyl groups is 1. The van der Waals surface area contributed by atoms with Gasteiger partial charge in [0.05, 0.1) is 6.10 Å². The summed E-state index contributed by atoms with van der Waals surface area (Å²) in [6, 6.07) is 0. The molecule has 0 aromatic heterocycles. The Morgan fingerprint density at radius 2 is 1.50 bits per heavy atom. The molecule has 0 bridgehead atoms. The van der Waals surface area contributed by atoms with Crippen molar-refractivity contribution in [3.05, 3.63) is 12.2 Å². The van der Waals surface area contributed by atoms with Crippen LogP contribution >= 0.6 is 0 Å². The number of hydrogen-bond donors (Lipinski definition) is 2. The zero-order valence-corrected chi connectivity index (χ0v) is 18.0. The minimum Gasteiger partial charge on any atom is -0.481 e. The molecule has 0 aliphatic rings. The van der Waals surface area contributed by atoms with Crippen LogP contribution in [0.25, 0.3) is 0 Å². The lowest BCUT2D eigenvalue weighted by Crippen LogP contribution is -2.31. The van der Waals surface area contributed by atoms with E-state index < -0.39 is 24.1 Å². The Kier molecular flexibility index (Phi) is 18.1. The Balaban J connectivity index is 4.21. The summed E-state index contributed by atoms with van der Waals surface area (Å²) in [5.74, 6) is -1.33. The van der Waals surface area contributed by atoms with Crippen LogP contribution in [0.4, 0.5) is 0 Å². The summed E-state index contributed by atoms with van der Waals surface area (Å²) in [4.78, 5) is 22.5. The fourth-order valence-corrected chi connectivity index (χ4v) is 3.08. The first-order valence-electron chi connectivity index (χ1n) is 11.3. The highest BCUT2D eigenvalue weighted by molar-refractivity contribution is 5.71. The van der Waals surface area contributed by atoms with Crippen molar-refractivity contribution in [3.63, 3.8) is 0 Å². The predicted molar refractivity (Wildman–Crippen MR) is 113 cm³/mol. The molecule has 0 saturated carbocycles. The molecule has 0 aromatic rings. The molecule has 2 atom stereocenters. The first-order valence-corrected chi connectivity index (χ1v) is 11.3. The molecular weight excluding hydrogens is 356 g/mol. The highest BCUT2D eigenvalue weighted by Gasteiger charge is 2.22. The lowest BCUT2D eigenvalue weighted by atomic mass is 10.0. The fourth-order valence-electron chi connectivity index (χ4n) is 3.08. The second-order valence-electron chi connectivity index (χ2n) is 7.60. The van der Waals surface area contributed by atoms with Crippen LogP contribution in [0.1, 0.15) is 110 Å². The minimum absolute atomic E-state index is 0.0423. The van der Waals surface area contributed by atoms with Crippen LogP contribution in [-0.4, -0.2) is 34.4 Å². The van der Waals surface area contributed by atoms with Gasteiger partial charge in [0.2, 0.25) is 0 Å². The molecule has 5 nitrogen and oxygen atoms in total. The molecule has 0 spiro atoms. The number of aliphatic carboxylic acids is 1. The van der Waals surface area contributed by atoms with E-state index in [9.17, 15) is 14.7 Å². The molecule has 0 amide bonds. The van der Waals surface area contributed by atoms with Gasteiger partial charge in [0, 0.05) is 12.8 Å². The van der Waals surface area contributed by atoms with E-state index in [4.69, 9.17) is 9.84 Å². The highest BCUT2D eigenvalue weighted by Crippen LogP contribution is 2.16. The quantitative estimate of drug-likeness (QED) is 0.163. The summed E-state index contributed by atoms with van der Waals surface area (Å²) >= 11 is 0. The molecule has 2 N–H and O–H groups in total. The number of carbonyl (C=O) groups is 2. The van der Waals surface area contributed by atoms with E-state index in [-0.39, 0.29) is 19.3 Å².